The van der Waals surface area contributed by atoms with Crippen molar-refractivity contribution in [2.24, 2.45) is 0 Å². The number of benzene rings is 1. The van der Waals surface area contributed by atoms with Gasteiger partial charge in [0.2, 0.25) is 0 Å². The zero-order valence-corrected chi connectivity index (χ0v) is 16.5. The molecule has 1 aromatic carbocycles. The highest BCUT2D eigenvalue weighted by Crippen LogP contribution is 2.22. The van der Waals surface area contributed by atoms with Gasteiger partial charge in [0.25, 0.3) is 10.2 Å². The molecule has 0 radical (unpaired) electrons. The molecule has 0 bridgehead atoms. The lowest BCUT2D eigenvalue weighted by Gasteiger charge is -2.35. The van der Waals surface area contributed by atoms with Crippen LogP contribution in [0.5, 0.6) is 0 Å². The molecule has 1 aliphatic rings. The van der Waals surface area contributed by atoms with Crippen LogP contribution in [0.25, 0.3) is 0 Å². The molecule has 0 aliphatic carbocycles. The minimum atomic E-state index is -3.57. The van der Waals surface area contributed by atoms with E-state index in [0.717, 1.165) is 18.4 Å². The predicted octanol–water partition coefficient (Wildman–Crippen LogP) is 2.16. The molecule has 1 saturated heterocycles. The van der Waals surface area contributed by atoms with E-state index in [4.69, 9.17) is 4.74 Å². The van der Waals surface area contributed by atoms with Gasteiger partial charge in [-0.25, -0.2) is 9.11 Å². The maximum atomic E-state index is 13.7. The van der Waals surface area contributed by atoms with Crippen molar-refractivity contribution in [3.63, 3.8) is 0 Å². The Labute approximate surface area is 156 Å². The van der Waals surface area contributed by atoms with Crippen molar-refractivity contribution in [3.8, 4) is 0 Å². The first kappa shape index (κ1) is 21.2. The number of ether oxygens (including phenoxy) is 1. The van der Waals surface area contributed by atoms with Gasteiger partial charge in [0.15, 0.2) is 0 Å². The average Bonchev–Trinajstić information content (AvgIpc) is 2.62. The normalized spacial score (nSPS) is 17.5. The molecule has 26 heavy (non-hydrogen) atoms. The van der Waals surface area contributed by atoms with Gasteiger partial charge >= 0.3 is 0 Å². The zero-order valence-electron chi connectivity index (χ0n) is 15.7. The molecule has 1 heterocycles. The monoisotopic (exact) mass is 387 g/mol. The summed E-state index contributed by atoms with van der Waals surface area (Å²) in [6.45, 7) is 7.68. The number of nitrogens with zero attached hydrogens (tertiary/aromatic N) is 2. The molecule has 1 atom stereocenters. The minimum absolute atomic E-state index is 0.204. The number of hydrogen-bond donors (Lipinski definition) is 1. The second-order valence-electron chi connectivity index (χ2n) is 6.47. The number of hydrogen-bond acceptors (Lipinski definition) is 4. The van der Waals surface area contributed by atoms with Gasteiger partial charge in [-0.15, -0.1) is 0 Å². The Balaban J connectivity index is 2.15. The molecule has 0 saturated carbocycles. The molecule has 1 aromatic rings. The Morgan fingerprint density at radius 2 is 1.88 bits per heavy atom. The fraction of sp³-hybridized carbons (Fsp3) is 0.667. The van der Waals surface area contributed by atoms with Crippen LogP contribution in [-0.4, -0.2) is 63.6 Å². The van der Waals surface area contributed by atoms with Crippen molar-refractivity contribution < 1.29 is 17.5 Å². The second kappa shape index (κ2) is 10.3. The van der Waals surface area contributed by atoms with Gasteiger partial charge in [0, 0.05) is 38.8 Å². The van der Waals surface area contributed by atoms with E-state index in [9.17, 15) is 12.8 Å². The van der Waals surface area contributed by atoms with Crippen LogP contribution in [0.3, 0.4) is 0 Å². The summed E-state index contributed by atoms with van der Waals surface area (Å²) in [4.78, 5) is 2.14. The lowest BCUT2D eigenvalue weighted by atomic mass is 10.0. The summed E-state index contributed by atoms with van der Waals surface area (Å²) in [7, 11) is -3.57. The molecule has 148 valence electrons. The molecule has 0 amide bonds. The van der Waals surface area contributed by atoms with Gasteiger partial charge < -0.3 is 4.74 Å². The number of halogens is 1. The topological polar surface area (TPSA) is 61.9 Å². The molecule has 2 rings (SSSR count). The number of rotatable bonds is 10. The predicted molar refractivity (Wildman–Crippen MR) is 101 cm³/mol. The first-order valence-electron chi connectivity index (χ1n) is 9.30. The van der Waals surface area contributed by atoms with E-state index < -0.39 is 10.2 Å². The molecule has 1 aliphatic heterocycles. The molecule has 0 aromatic heterocycles. The SMILES string of the molecule is CCCN(CCC)S(=O)(=O)NCC(c1cccc(F)c1)N1CCOCC1. The lowest BCUT2D eigenvalue weighted by molar-refractivity contribution is 0.0171. The van der Waals surface area contributed by atoms with E-state index in [0.29, 0.717) is 39.4 Å². The van der Waals surface area contributed by atoms with Crippen LogP contribution in [0.4, 0.5) is 4.39 Å². The summed E-state index contributed by atoms with van der Waals surface area (Å²) >= 11 is 0. The first-order chi connectivity index (χ1) is 12.5. The van der Waals surface area contributed by atoms with E-state index in [1.54, 1.807) is 6.07 Å². The van der Waals surface area contributed by atoms with E-state index >= 15 is 0 Å². The van der Waals surface area contributed by atoms with Gasteiger partial charge in [0.1, 0.15) is 5.82 Å². The molecule has 1 N–H and O–H groups in total. The van der Waals surface area contributed by atoms with Crippen molar-refractivity contribution >= 4 is 10.2 Å². The molecule has 8 heteroatoms. The third-order valence-electron chi connectivity index (χ3n) is 4.46. The highest BCUT2D eigenvalue weighted by molar-refractivity contribution is 7.87. The van der Waals surface area contributed by atoms with Gasteiger partial charge in [-0.2, -0.15) is 12.7 Å². The van der Waals surface area contributed by atoms with Crippen molar-refractivity contribution in [2.45, 2.75) is 32.7 Å². The maximum Gasteiger partial charge on any atom is 0.279 e. The zero-order chi connectivity index (χ0) is 19.0. The third kappa shape index (κ3) is 5.99. The highest BCUT2D eigenvalue weighted by Gasteiger charge is 2.27. The minimum Gasteiger partial charge on any atom is -0.379 e. The molecular weight excluding hydrogens is 357 g/mol. The number of nitrogens with one attached hydrogen (secondary N) is 1. The number of morpholine rings is 1. The Hall–Kier alpha value is -1.06. The fourth-order valence-electron chi connectivity index (χ4n) is 3.19. The Morgan fingerprint density at radius 3 is 2.46 bits per heavy atom. The smallest absolute Gasteiger partial charge is 0.279 e. The van der Waals surface area contributed by atoms with Crippen LogP contribution >= 0.6 is 0 Å². The van der Waals surface area contributed by atoms with Crippen LogP contribution < -0.4 is 4.72 Å². The summed E-state index contributed by atoms with van der Waals surface area (Å²) in [6, 6.07) is 6.15. The Kier molecular flexibility index (Phi) is 8.43. The summed E-state index contributed by atoms with van der Waals surface area (Å²) in [5.74, 6) is -0.317. The van der Waals surface area contributed by atoms with Gasteiger partial charge in [0.05, 0.1) is 13.2 Å². The summed E-state index contributed by atoms with van der Waals surface area (Å²) in [5, 5.41) is 0. The van der Waals surface area contributed by atoms with Crippen molar-refractivity contribution in [1.29, 1.82) is 0 Å². The maximum absolute atomic E-state index is 13.7. The Morgan fingerprint density at radius 1 is 1.23 bits per heavy atom. The largest absolute Gasteiger partial charge is 0.379 e. The van der Waals surface area contributed by atoms with Crippen LogP contribution in [0.15, 0.2) is 24.3 Å². The van der Waals surface area contributed by atoms with E-state index in [-0.39, 0.29) is 18.4 Å². The van der Waals surface area contributed by atoms with E-state index in [2.05, 4.69) is 9.62 Å². The molecule has 6 nitrogen and oxygen atoms in total. The Bertz CT molecular complexity index is 645. The highest BCUT2D eigenvalue weighted by atomic mass is 32.2. The molecular formula is C18H30FN3O3S. The van der Waals surface area contributed by atoms with Crippen molar-refractivity contribution in [1.82, 2.24) is 13.9 Å². The van der Waals surface area contributed by atoms with Crippen LogP contribution in [-0.2, 0) is 14.9 Å². The van der Waals surface area contributed by atoms with Crippen LogP contribution in [0.1, 0.15) is 38.3 Å². The van der Waals surface area contributed by atoms with E-state index in [1.807, 2.05) is 19.9 Å². The van der Waals surface area contributed by atoms with Crippen LogP contribution in [0, 0.1) is 5.82 Å². The molecule has 0 spiro atoms. The van der Waals surface area contributed by atoms with Gasteiger partial charge in [-0.3, -0.25) is 4.90 Å². The summed E-state index contributed by atoms with van der Waals surface area (Å²) in [5.41, 5.74) is 0.770. The van der Waals surface area contributed by atoms with Gasteiger partial charge in [-0.05, 0) is 30.5 Å². The fourth-order valence-corrected chi connectivity index (χ4v) is 4.58. The first-order valence-corrected chi connectivity index (χ1v) is 10.7. The second-order valence-corrected chi connectivity index (χ2v) is 8.23. The standard InChI is InChI=1S/C18H30FN3O3S/c1-3-8-22(9-4-2)26(23,24)20-15-18(21-10-12-25-13-11-21)16-6-5-7-17(19)14-16/h5-7,14,18,20H,3-4,8-13,15H2,1-2H3. The van der Waals surface area contributed by atoms with Crippen molar-refractivity contribution in [3.05, 3.63) is 35.6 Å². The molecule has 1 unspecified atom stereocenters. The lowest BCUT2D eigenvalue weighted by Crippen LogP contribution is -2.47. The third-order valence-corrected chi connectivity index (χ3v) is 6.04. The van der Waals surface area contributed by atoms with Gasteiger partial charge in [-0.1, -0.05) is 26.0 Å². The van der Waals surface area contributed by atoms with Crippen molar-refractivity contribution in [2.75, 3.05) is 45.9 Å². The van der Waals surface area contributed by atoms with Crippen LogP contribution in [0.2, 0.25) is 0 Å². The average molecular weight is 388 g/mol. The molecule has 1 fully saturated rings. The summed E-state index contributed by atoms with van der Waals surface area (Å²) < 4.78 is 48.7. The summed E-state index contributed by atoms with van der Waals surface area (Å²) in [6.07, 6.45) is 1.52. The quantitative estimate of drug-likeness (QED) is 0.668. The van der Waals surface area contributed by atoms with E-state index in [1.165, 1.54) is 16.4 Å².